The largest absolute Gasteiger partial charge is 0.325 e. The molecule has 3 N–H and O–H groups in total. The van der Waals surface area contributed by atoms with Crippen molar-refractivity contribution in [3.63, 3.8) is 0 Å². The maximum atomic E-state index is 11.7. The monoisotopic (exact) mass is 246 g/mol. The van der Waals surface area contributed by atoms with Crippen molar-refractivity contribution in [2.75, 3.05) is 11.9 Å². The zero-order valence-electron chi connectivity index (χ0n) is 10.9. The highest BCUT2D eigenvalue weighted by Crippen LogP contribution is 2.16. The van der Waals surface area contributed by atoms with E-state index in [1.54, 1.807) is 6.20 Å². The van der Waals surface area contributed by atoms with Gasteiger partial charge in [0, 0.05) is 16.6 Å². The quantitative estimate of drug-likeness (QED) is 0.774. The van der Waals surface area contributed by atoms with Crippen LogP contribution in [0, 0.1) is 0 Å². The zero-order valence-corrected chi connectivity index (χ0v) is 10.9. The number of H-pyrrole nitrogens is 1. The van der Waals surface area contributed by atoms with Crippen LogP contribution in [0.15, 0.2) is 24.4 Å². The number of nitrogens with one attached hydrogen (secondary N) is 3. The Labute approximate surface area is 106 Å². The second-order valence-corrected chi connectivity index (χ2v) is 5.32. The van der Waals surface area contributed by atoms with Gasteiger partial charge in [0.25, 0.3) is 0 Å². The Hall–Kier alpha value is -1.88. The molecule has 0 radical (unpaired) electrons. The molecular formula is C13H18N4O. The van der Waals surface area contributed by atoms with Crippen molar-refractivity contribution in [1.29, 1.82) is 0 Å². The SMILES string of the molecule is CC(C)(C)NCC(=O)Nc1ccc2cn[nH]c2c1. The maximum absolute atomic E-state index is 11.7. The number of hydrogen-bond donors (Lipinski definition) is 3. The summed E-state index contributed by atoms with van der Waals surface area (Å²) in [5.74, 6) is -0.0520. The molecule has 0 saturated heterocycles. The van der Waals surface area contributed by atoms with E-state index in [1.807, 2.05) is 39.0 Å². The number of benzene rings is 1. The highest BCUT2D eigenvalue weighted by molar-refractivity contribution is 5.94. The Morgan fingerprint density at radius 2 is 2.17 bits per heavy atom. The maximum Gasteiger partial charge on any atom is 0.238 e. The topological polar surface area (TPSA) is 69.8 Å². The zero-order chi connectivity index (χ0) is 13.2. The van der Waals surface area contributed by atoms with Gasteiger partial charge in [-0.3, -0.25) is 9.89 Å². The molecule has 0 atom stereocenters. The Morgan fingerprint density at radius 1 is 1.39 bits per heavy atom. The van der Waals surface area contributed by atoms with Gasteiger partial charge in [-0.1, -0.05) is 0 Å². The molecule has 18 heavy (non-hydrogen) atoms. The van der Waals surface area contributed by atoms with Crippen LogP contribution in [0.2, 0.25) is 0 Å². The Morgan fingerprint density at radius 3 is 2.89 bits per heavy atom. The normalized spacial score (nSPS) is 11.7. The first kappa shape index (κ1) is 12.6. The third kappa shape index (κ3) is 3.30. The third-order valence-electron chi connectivity index (χ3n) is 2.50. The summed E-state index contributed by atoms with van der Waals surface area (Å²) < 4.78 is 0. The first-order valence-electron chi connectivity index (χ1n) is 5.92. The van der Waals surface area contributed by atoms with E-state index in [0.717, 1.165) is 16.6 Å². The van der Waals surface area contributed by atoms with Crippen molar-refractivity contribution in [1.82, 2.24) is 15.5 Å². The summed E-state index contributed by atoms with van der Waals surface area (Å²) in [7, 11) is 0. The van der Waals surface area contributed by atoms with E-state index in [1.165, 1.54) is 0 Å². The van der Waals surface area contributed by atoms with E-state index in [4.69, 9.17) is 0 Å². The number of aromatic nitrogens is 2. The highest BCUT2D eigenvalue weighted by Gasteiger charge is 2.11. The first-order chi connectivity index (χ1) is 8.44. The second kappa shape index (κ2) is 4.78. The molecule has 2 aromatic rings. The summed E-state index contributed by atoms with van der Waals surface area (Å²) in [5, 5.41) is 13.8. The number of rotatable bonds is 3. The Kier molecular flexibility index (Phi) is 3.34. The summed E-state index contributed by atoms with van der Waals surface area (Å²) in [6.07, 6.45) is 1.75. The average Bonchev–Trinajstić information content (AvgIpc) is 2.72. The van der Waals surface area contributed by atoms with Crippen LogP contribution < -0.4 is 10.6 Å². The smallest absolute Gasteiger partial charge is 0.238 e. The summed E-state index contributed by atoms with van der Waals surface area (Å²) in [4.78, 5) is 11.7. The number of nitrogens with zero attached hydrogens (tertiary/aromatic N) is 1. The molecule has 1 amide bonds. The Balaban J connectivity index is 1.98. The molecule has 0 bridgehead atoms. The number of fused-ring (bicyclic) bond motifs is 1. The second-order valence-electron chi connectivity index (χ2n) is 5.32. The molecule has 1 aromatic heterocycles. The van der Waals surface area contributed by atoms with Gasteiger partial charge in [-0.05, 0) is 39.0 Å². The van der Waals surface area contributed by atoms with Crippen molar-refractivity contribution in [2.24, 2.45) is 0 Å². The van der Waals surface area contributed by atoms with Gasteiger partial charge in [-0.15, -0.1) is 0 Å². The van der Waals surface area contributed by atoms with E-state index < -0.39 is 0 Å². The van der Waals surface area contributed by atoms with Crippen LogP contribution >= 0.6 is 0 Å². The summed E-state index contributed by atoms with van der Waals surface area (Å²) in [6.45, 7) is 6.37. The van der Waals surface area contributed by atoms with E-state index >= 15 is 0 Å². The van der Waals surface area contributed by atoms with E-state index in [2.05, 4.69) is 20.8 Å². The van der Waals surface area contributed by atoms with Crippen LogP contribution in [0.4, 0.5) is 5.69 Å². The van der Waals surface area contributed by atoms with Gasteiger partial charge in [-0.25, -0.2) is 0 Å². The van der Waals surface area contributed by atoms with Crippen LogP contribution in [0.3, 0.4) is 0 Å². The van der Waals surface area contributed by atoms with Gasteiger partial charge in [0.1, 0.15) is 0 Å². The number of anilines is 1. The van der Waals surface area contributed by atoms with E-state index in [0.29, 0.717) is 6.54 Å². The van der Waals surface area contributed by atoms with Gasteiger partial charge < -0.3 is 10.6 Å². The molecule has 0 aliphatic rings. The van der Waals surface area contributed by atoms with Crippen LogP contribution in [-0.2, 0) is 4.79 Å². The molecule has 0 aliphatic carbocycles. The summed E-state index contributed by atoms with van der Waals surface area (Å²) >= 11 is 0. The number of hydrogen-bond acceptors (Lipinski definition) is 3. The predicted molar refractivity (Wildman–Crippen MR) is 72.5 cm³/mol. The molecule has 5 heteroatoms. The molecular weight excluding hydrogens is 228 g/mol. The molecule has 0 saturated carbocycles. The van der Waals surface area contributed by atoms with Crippen molar-refractivity contribution in [2.45, 2.75) is 26.3 Å². The Bertz CT molecular complexity index is 553. The molecule has 0 aliphatic heterocycles. The highest BCUT2D eigenvalue weighted by atomic mass is 16.1. The molecule has 2 rings (SSSR count). The molecule has 0 unspecified atom stereocenters. The number of aromatic amines is 1. The summed E-state index contributed by atoms with van der Waals surface area (Å²) in [6, 6.07) is 5.66. The lowest BCUT2D eigenvalue weighted by Crippen LogP contribution is -2.41. The number of carbonyl (C=O) groups is 1. The van der Waals surface area contributed by atoms with Gasteiger partial charge >= 0.3 is 0 Å². The van der Waals surface area contributed by atoms with E-state index in [9.17, 15) is 4.79 Å². The van der Waals surface area contributed by atoms with E-state index in [-0.39, 0.29) is 11.4 Å². The molecule has 1 aromatic carbocycles. The fraction of sp³-hybridized carbons (Fsp3) is 0.385. The van der Waals surface area contributed by atoms with Crippen LogP contribution in [-0.4, -0.2) is 28.2 Å². The van der Waals surface area contributed by atoms with Crippen LogP contribution in [0.25, 0.3) is 10.9 Å². The van der Waals surface area contributed by atoms with Gasteiger partial charge in [0.15, 0.2) is 0 Å². The molecule has 96 valence electrons. The molecule has 0 spiro atoms. The lowest BCUT2D eigenvalue weighted by Gasteiger charge is -2.20. The van der Waals surface area contributed by atoms with Crippen molar-refractivity contribution in [3.05, 3.63) is 24.4 Å². The fourth-order valence-electron chi connectivity index (χ4n) is 1.57. The van der Waals surface area contributed by atoms with Gasteiger partial charge in [0.05, 0.1) is 18.3 Å². The fourth-order valence-corrected chi connectivity index (χ4v) is 1.57. The minimum absolute atomic E-state index is 0.0520. The van der Waals surface area contributed by atoms with Crippen LogP contribution in [0.5, 0.6) is 0 Å². The standard InChI is InChI=1S/C13H18N4O/c1-13(2,3)14-8-12(18)16-10-5-4-9-7-15-17-11(9)6-10/h4-7,14H,8H2,1-3H3,(H,15,17)(H,16,18). The third-order valence-corrected chi connectivity index (χ3v) is 2.50. The van der Waals surface area contributed by atoms with Crippen molar-refractivity contribution in [3.8, 4) is 0 Å². The molecule has 5 nitrogen and oxygen atoms in total. The van der Waals surface area contributed by atoms with Crippen molar-refractivity contribution < 1.29 is 4.79 Å². The summed E-state index contributed by atoms with van der Waals surface area (Å²) in [5.41, 5.74) is 1.62. The average molecular weight is 246 g/mol. The minimum atomic E-state index is -0.0648. The lowest BCUT2D eigenvalue weighted by molar-refractivity contribution is -0.115. The molecule has 1 heterocycles. The predicted octanol–water partition coefficient (Wildman–Crippen LogP) is 1.89. The first-order valence-corrected chi connectivity index (χ1v) is 5.92. The van der Waals surface area contributed by atoms with Gasteiger partial charge in [0.2, 0.25) is 5.91 Å². The number of amides is 1. The van der Waals surface area contributed by atoms with Gasteiger partial charge in [-0.2, -0.15) is 5.10 Å². The molecule has 0 fully saturated rings. The minimum Gasteiger partial charge on any atom is -0.325 e. The van der Waals surface area contributed by atoms with Crippen LogP contribution in [0.1, 0.15) is 20.8 Å². The number of carbonyl (C=O) groups excluding carboxylic acids is 1. The van der Waals surface area contributed by atoms with Crippen molar-refractivity contribution >= 4 is 22.5 Å². The lowest BCUT2D eigenvalue weighted by atomic mass is 10.1.